The Balaban J connectivity index is 1.02. The molecule has 0 aliphatic carbocycles. The van der Waals surface area contributed by atoms with Crippen LogP contribution < -0.4 is 26.0 Å². The number of azo groups is 2. The quantitative estimate of drug-likeness (QED) is 0.0258. The Kier molecular flexibility index (Phi) is 16.4. The van der Waals surface area contributed by atoms with Gasteiger partial charge in [0.2, 0.25) is 29.1 Å². The van der Waals surface area contributed by atoms with Crippen molar-refractivity contribution in [2.24, 2.45) is 20.5 Å². The van der Waals surface area contributed by atoms with E-state index in [1.807, 2.05) is 0 Å². The Morgan fingerprint density at radius 2 is 1.23 bits per heavy atom. The molecule has 1 atom stereocenters. The number of hydrogen-bond acceptors (Lipinski definition) is 27. The summed E-state index contributed by atoms with van der Waals surface area (Å²) >= 11 is 6.24. The highest BCUT2D eigenvalue weighted by molar-refractivity contribution is 7.94. The maximum atomic E-state index is 14.9. The van der Waals surface area contributed by atoms with Gasteiger partial charge in [-0.05, 0) is 108 Å². The van der Waals surface area contributed by atoms with E-state index in [0.29, 0.717) is 11.5 Å². The number of sulfone groups is 1. The van der Waals surface area contributed by atoms with Crippen LogP contribution in [-0.2, 0) is 50.3 Å². The molecule has 38 heteroatoms. The topological polar surface area (TPSA) is 476 Å². The van der Waals surface area contributed by atoms with Gasteiger partial charge in [-0.2, -0.15) is 73.1 Å². The van der Waals surface area contributed by atoms with Gasteiger partial charge in [0.05, 0.1) is 28.3 Å². The fourth-order valence-corrected chi connectivity index (χ4v) is 10.7. The maximum Gasteiger partial charge on any atom is 0.315 e. The number of aromatic hydroxyl groups is 2. The van der Waals surface area contributed by atoms with Crippen LogP contribution in [0.5, 0.6) is 17.2 Å². The van der Waals surface area contributed by atoms with Gasteiger partial charge in [-0.1, -0.05) is 6.58 Å². The van der Waals surface area contributed by atoms with Crippen molar-refractivity contribution in [2.75, 3.05) is 34.9 Å². The lowest BCUT2D eigenvalue weighted by atomic mass is 10.1. The van der Waals surface area contributed by atoms with E-state index in [2.05, 4.69) is 78.2 Å². The molecule has 8 rings (SSSR count). The highest BCUT2D eigenvalue weighted by Crippen LogP contribution is 2.46. The highest BCUT2D eigenvalue weighted by Gasteiger charge is 2.28. The smallest absolute Gasteiger partial charge is 0.315 e. The summed E-state index contributed by atoms with van der Waals surface area (Å²) in [5.74, 6) is -3.30. The summed E-state index contributed by atoms with van der Waals surface area (Å²) in [6.45, 7) is 4.69. The van der Waals surface area contributed by atoms with Gasteiger partial charge in [-0.15, -0.1) is 15.3 Å². The number of phenols is 2. The molecule has 0 radical (unpaired) electrons. The fraction of sp³-hybridized carbons (Fsp3) is 0.0909. The molecule has 0 amide bonds. The van der Waals surface area contributed by atoms with Crippen LogP contribution in [0, 0.1) is 6.08 Å². The molecule has 0 fully saturated rings. The molecule has 10 N–H and O–H groups in total. The largest absolute Gasteiger partial charge is 0.505 e. The molecule has 0 aliphatic rings. The fourth-order valence-electron chi connectivity index (χ4n) is 7.37. The van der Waals surface area contributed by atoms with Crippen molar-refractivity contribution in [1.29, 1.82) is 0 Å². The number of benzene rings is 6. The average Bonchev–Trinajstić information content (AvgIpc) is 1.95. The summed E-state index contributed by atoms with van der Waals surface area (Å²) in [4.78, 5) is 19.7. The van der Waals surface area contributed by atoms with Gasteiger partial charge < -0.3 is 36.2 Å². The molecule has 2 aromatic heterocycles. The van der Waals surface area contributed by atoms with Crippen molar-refractivity contribution >= 4 is 141 Å². The van der Waals surface area contributed by atoms with Gasteiger partial charge in [-0.3, -0.25) is 18.2 Å². The van der Waals surface area contributed by atoms with Gasteiger partial charge in [0.15, 0.2) is 21.3 Å². The maximum absolute atomic E-state index is 14.9. The number of ether oxygens (including phenoxy) is 1. The molecular weight excluding hydrogens is 1210 g/mol. The second kappa shape index (κ2) is 22.6. The van der Waals surface area contributed by atoms with Crippen molar-refractivity contribution in [3.63, 3.8) is 0 Å². The van der Waals surface area contributed by atoms with Crippen molar-refractivity contribution < 1.29 is 79.6 Å². The van der Waals surface area contributed by atoms with Crippen LogP contribution in [0.3, 0.4) is 0 Å². The zero-order valence-corrected chi connectivity index (χ0v) is 45.9. The normalized spacial score (nSPS) is 12.9. The Labute approximate surface area is 466 Å². The lowest BCUT2D eigenvalue weighted by Gasteiger charge is -2.17. The summed E-state index contributed by atoms with van der Waals surface area (Å²) < 4.78 is 183. The molecular formula is C44H36ClFN14O17S5. The number of hydrogen-bond donors (Lipinski definition) is 10. The number of nitrogens with one attached hydrogen (secondary N) is 4. The summed E-state index contributed by atoms with van der Waals surface area (Å²) in [6, 6.07) is 14.2. The Hall–Kier alpha value is -8.79. The minimum absolute atomic E-state index is 0.00401. The third-order valence-electron chi connectivity index (χ3n) is 11.0. The molecule has 1 unspecified atom stereocenters. The summed E-state index contributed by atoms with van der Waals surface area (Å²) in [5.41, 5.74) is -2.59. The predicted molar refractivity (Wildman–Crippen MR) is 288 cm³/mol. The lowest BCUT2D eigenvalue weighted by molar-refractivity contribution is 0.412. The molecule has 0 bridgehead atoms. The monoisotopic (exact) mass is 1250 g/mol. The Bertz CT molecular complexity index is 4610. The molecule has 6 aromatic carbocycles. The molecule has 0 saturated heterocycles. The van der Waals surface area contributed by atoms with Crippen LogP contribution in [0.15, 0.2) is 142 Å². The van der Waals surface area contributed by atoms with Gasteiger partial charge in [0.25, 0.3) is 40.5 Å². The second-order valence-electron chi connectivity index (χ2n) is 16.7. The van der Waals surface area contributed by atoms with Crippen LogP contribution in [-0.4, -0.2) is 120 Å². The van der Waals surface area contributed by atoms with E-state index in [1.165, 1.54) is 43.5 Å². The van der Waals surface area contributed by atoms with Gasteiger partial charge in [0, 0.05) is 40.5 Å². The van der Waals surface area contributed by atoms with Crippen LogP contribution in [0.25, 0.3) is 21.5 Å². The van der Waals surface area contributed by atoms with Crippen molar-refractivity contribution in [3.05, 3.63) is 108 Å². The van der Waals surface area contributed by atoms with E-state index in [0.717, 1.165) is 42.5 Å². The van der Waals surface area contributed by atoms with Crippen molar-refractivity contribution in [2.45, 2.75) is 37.4 Å². The summed E-state index contributed by atoms with van der Waals surface area (Å²) in [5, 5.41) is 48.1. The first-order chi connectivity index (χ1) is 38.3. The molecule has 428 valence electrons. The average molecular weight is 1250 g/mol. The summed E-state index contributed by atoms with van der Waals surface area (Å²) in [7, 11) is -23.1. The second-order valence-corrected chi connectivity index (χ2v) is 24.5. The molecule has 82 heavy (non-hydrogen) atoms. The first-order valence-electron chi connectivity index (χ1n) is 22.2. The predicted octanol–water partition coefficient (Wildman–Crippen LogP) is 7.71. The van der Waals surface area contributed by atoms with E-state index in [1.54, 1.807) is 6.92 Å². The zero-order chi connectivity index (χ0) is 59.9. The SMILES string of the molecule is C=CS(=O)(=O)c1ccc(/N=N/c2c(S(=O)(=O)O)cc3cc(S(=O)(=O)O)cc(Nc4nc(Cl)nc(NC(C)CNc5nc(F)nc(Nc6ccc7c(O)c(/N=N/c8ccc(OC)cc8S(=O)(=O)O)c(S(=O)(=O)O)cc7c6)n5)n4)c3c2O)cc1. The third kappa shape index (κ3) is 13.5. The highest BCUT2D eigenvalue weighted by atomic mass is 35.5. The standard InChI is InChI=1S/C44H36ClFN14O17S5/c1-4-78(63,64)26-9-5-23(6-10-26)57-59-36-33(82(74,75)76)16-22-14-27(79(65,66)67)18-30(34(22)38(36)62)50-44-52-39(45)51-42(56-44)48-20(2)19-47-41-53-40(46)54-43(55-41)49-24-7-11-28-21(13-24)15-32(81(71,72)73)35(37(28)61)60-58-29-12-8-25(77-3)17-31(29)80(68,69)70/h4-18,20,61-62H,1,19H2,2-3H3,(H,65,66,67)(H,68,69,70)(H,71,72,73)(H,74,75,76)(H2,47,49,53,54,55)(H2,48,50,51,52,56)/b59-57+,60-58+. The number of phenolic OH excluding ortho intramolecular Hbond substituents is 2. The minimum Gasteiger partial charge on any atom is -0.505 e. The zero-order valence-electron chi connectivity index (χ0n) is 41.1. The van der Waals surface area contributed by atoms with Gasteiger partial charge in [-0.25, -0.2) is 8.42 Å². The van der Waals surface area contributed by atoms with Crippen molar-refractivity contribution in [3.8, 4) is 17.2 Å². The minimum atomic E-state index is -5.27. The number of methoxy groups -OCH3 is 1. The molecule has 0 spiro atoms. The molecule has 2 heterocycles. The number of halogens is 2. The lowest BCUT2D eigenvalue weighted by Crippen LogP contribution is -2.27. The first kappa shape index (κ1) is 59.3. The van der Waals surface area contributed by atoms with E-state index in [9.17, 15) is 74.9 Å². The van der Waals surface area contributed by atoms with E-state index < -0.39 is 144 Å². The van der Waals surface area contributed by atoms with Crippen LogP contribution in [0.2, 0.25) is 5.28 Å². The van der Waals surface area contributed by atoms with Gasteiger partial charge in [0.1, 0.15) is 37.5 Å². The number of nitrogens with zero attached hydrogens (tertiary/aromatic N) is 10. The Morgan fingerprint density at radius 1 is 0.634 bits per heavy atom. The van der Waals surface area contributed by atoms with Gasteiger partial charge >= 0.3 is 6.08 Å². The third-order valence-corrected chi connectivity index (χ3v) is 16.0. The first-order valence-corrected chi connectivity index (χ1v) is 29.9. The number of aromatic nitrogens is 6. The van der Waals surface area contributed by atoms with Crippen LogP contribution in [0.4, 0.5) is 62.3 Å². The molecule has 8 aromatic rings. The summed E-state index contributed by atoms with van der Waals surface area (Å²) in [6.07, 6.45) is -1.29. The van der Waals surface area contributed by atoms with E-state index >= 15 is 0 Å². The van der Waals surface area contributed by atoms with Crippen molar-refractivity contribution in [1.82, 2.24) is 29.9 Å². The van der Waals surface area contributed by atoms with Crippen LogP contribution >= 0.6 is 11.6 Å². The Morgan fingerprint density at radius 3 is 1.87 bits per heavy atom. The molecule has 0 aliphatic heterocycles. The number of anilines is 6. The van der Waals surface area contributed by atoms with E-state index in [-0.39, 0.29) is 51.2 Å². The van der Waals surface area contributed by atoms with E-state index in [4.69, 9.17) is 16.3 Å². The van der Waals surface area contributed by atoms with Crippen LogP contribution in [0.1, 0.15) is 6.92 Å². The number of rotatable bonds is 20. The molecule has 0 saturated carbocycles. The molecule has 31 nitrogen and oxygen atoms in total. The number of fused-ring (bicyclic) bond motifs is 2.